The first kappa shape index (κ1) is 17.3. The van der Waals surface area contributed by atoms with E-state index in [1.54, 1.807) is 6.92 Å². The second-order valence-electron chi connectivity index (χ2n) is 5.66. The third-order valence-corrected chi connectivity index (χ3v) is 3.90. The number of carboxylic acids is 1. The third-order valence-electron chi connectivity index (χ3n) is 3.90. The summed E-state index contributed by atoms with van der Waals surface area (Å²) in [5, 5.41) is 12.0. The van der Waals surface area contributed by atoms with Crippen LogP contribution in [0.25, 0.3) is 0 Å². The Hall–Kier alpha value is -1.79. The van der Waals surface area contributed by atoms with Crippen LogP contribution in [0.15, 0.2) is 0 Å². The lowest BCUT2D eigenvalue weighted by atomic mass is 9.77. The molecule has 0 aliphatic heterocycles. The standard InChI is InChI=1S/C14H24N2O5/c1-4-21-11(17)9-16(3)13(20)15-14(12(18)19)7-5-10(2)6-8-14/h10H,4-9H2,1-3H3,(H,15,20)(H,18,19). The van der Waals surface area contributed by atoms with E-state index in [0.717, 1.165) is 17.7 Å². The summed E-state index contributed by atoms with van der Waals surface area (Å²) in [4.78, 5) is 36.1. The van der Waals surface area contributed by atoms with E-state index in [1.165, 1.54) is 7.05 Å². The number of carboxylic acid groups (broad SMARTS) is 1. The van der Waals surface area contributed by atoms with Crippen molar-refractivity contribution in [1.29, 1.82) is 0 Å². The van der Waals surface area contributed by atoms with Crippen molar-refractivity contribution < 1.29 is 24.2 Å². The predicted molar refractivity (Wildman–Crippen MR) is 75.8 cm³/mol. The van der Waals surface area contributed by atoms with Crippen molar-refractivity contribution >= 4 is 18.0 Å². The molecular formula is C14H24N2O5. The van der Waals surface area contributed by atoms with Crippen molar-refractivity contribution in [2.45, 2.75) is 45.1 Å². The van der Waals surface area contributed by atoms with Gasteiger partial charge in [0.1, 0.15) is 12.1 Å². The van der Waals surface area contributed by atoms with Crippen LogP contribution >= 0.6 is 0 Å². The predicted octanol–water partition coefficient (Wildman–Crippen LogP) is 1.22. The molecular weight excluding hydrogens is 276 g/mol. The molecule has 1 rings (SSSR count). The minimum atomic E-state index is -1.23. The number of urea groups is 1. The topological polar surface area (TPSA) is 95.9 Å². The van der Waals surface area contributed by atoms with E-state index in [0.29, 0.717) is 18.8 Å². The molecule has 0 radical (unpaired) electrons. The van der Waals surface area contributed by atoms with Crippen LogP contribution in [-0.2, 0) is 14.3 Å². The Balaban J connectivity index is 2.65. The molecule has 0 spiro atoms. The van der Waals surface area contributed by atoms with Gasteiger partial charge < -0.3 is 20.1 Å². The molecule has 0 saturated heterocycles. The highest BCUT2D eigenvalue weighted by atomic mass is 16.5. The van der Waals surface area contributed by atoms with Gasteiger partial charge in [-0.3, -0.25) is 4.79 Å². The largest absolute Gasteiger partial charge is 0.480 e. The van der Waals surface area contributed by atoms with Crippen LogP contribution in [0.5, 0.6) is 0 Å². The highest BCUT2D eigenvalue weighted by Gasteiger charge is 2.43. The number of nitrogens with zero attached hydrogens (tertiary/aromatic N) is 1. The van der Waals surface area contributed by atoms with Crippen molar-refractivity contribution in [1.82, 2.24) is 10.2 Å². The highest BCUT2D eigenvalue weighted by Crippen LogP contribution is 2.32. The van der Waals surface area contributed by atoms with Gasteiger partial charge in [-0.05, 0) is 38.5 Å². The number of nitrogens with one attached hydrogen (secondary N) is 1. The SMILES string of the molecule is CCOC(=O)CN(C)C(=O)NC1(C(=O)O)CCC(C)CC1. The summed E-state index contributed by atoms with van der Waals surface area (Å²) in [5.41, 5.74) is -1.23. The highest BCUT2D eigenvalue weighted by molar-refractivity contribution is 5.87. The summed E-state index contributed by atoms with van der Waals surface area (Å²) in [6.07, 6.45) is 2.33. The van der Waals surface area contributed by atoms with Crippen LogP contribution in [-0.4, -0.2) is 53.7 Å². The van der Waals surface area contributed by atoms with Gasteiger partial charge in [-0.15, -0.1) is 0 Å². The van der Waals surface area contributed by atoms with Crippen LogP contribution in [0.2, 0.25) is 0 Å². The zero-order valence-corrected chi connectivity index (χ0v) is 12.8. The number of amides is 2. The number of aliphatic carboxylic acids is 1. The maximum absolute atomic E-state index is 12.1. The van der Waals surface area contributed by atoms with E-state index >= 15 is 0 Å². The fourth-order valence-corrected chi connectivity index (χ4v) is 2.42. The van der Waals surface area contributed by atoms with Gasteiger partial charge in [0.05, 0.1) is 6.61 Å². The molecule has 7 nitrogen and oxygen atoms in total. The van der Waals surface area contributed by atoms with Crippen molar-refractivity contribution in [3.63, 3.8) is 0 Å². The summed E-state index contributed by atoms with van der Waals surface area (Å²) in [6.45, 7) is 3.79. The number of esters is 1. The second kappa shape index (κ2) is 7.28. The summed E-state index contributed by atoms with van der Waals surface area (Å²) in [5.74, 6) is -1.07. The van der Waals surface area contributed by atoms with E-state index in [4.69, 9.17) is 4.74 Å². The van der Waals surface area contributed by atoms with Gasteiger partial charge in [-0.2, -0.15) is 0 Å². The molecule has 0 aromatic carbocycles. The number of hydrogen-bond donors (Lipinski definition) is 2. The third kappa shape index (κ3) is 4.61. The van der Waals surface area contributed by atoms with Gasteiger partial charge in [-0.1, -0.05) is 6.92 Å². The Morgan fingerprint density at radius 2 is 1.90 bits per heavy atom. The van der Waals surface area contributed by atoms with E-state index in [2.05, 4.69) is 12.2 Å². The molecule has 0 bridgehead atoms. The van der Waals surface area contributed by atoms with E-state index in [-0.39, 0.29) is 13.2 Å². The molecule has 1 aliphatic carbocycles. The van der Waals surface area contributed by atoms with Crippen LogP contribution in [0, 0.1) is 5.92 Å². The van der Waals surface area contributed by atoms with Crippen LogP contribution in [0.1, 0.15) is 39.5 Å². The molecule has 0 aromatic rings. The van der Waals surface area contributed by atoms with Crippen molar-refractivity contribution in [3.05, 3.63) is 0 Å². The second-order valence-corrected chi connectivity index (χ2v) is 5.66. The Kier molecular flexibility index (Phi) is 5.99. The number of ether oxygens (including phenoxy) is 1. The smallest absolute Gasteiger partial charge is 0.329 e. The van der Waals surface area contributed by atoms with Crippen LogP contribution in [0.4, 0.5) is 4.79 Å². The fourth-order valence-electron chi connectivity index (χ4n) is 2.42. The molecule has 1 aliphatic rings. The molecule has 21 heavy (non-hydrogen) atoms. The van der Waals surface area contributed by atoms with Crippen LogP contribution in [0.3, 0.4) is 0 Å². The zero-order valence-electron chi connectivity index (χ0n) is 12.8. The quantitative estimate of drug-likeness (QED) is 0.744. The summed E-state index contributed by atoms with van der Waals surface area (Å²) in [7, 11) is 1.44. The van der Waals surface area contributed by atoms with E-state index < -0.39 is 23.5 Å². The minimum Gasteiger partial charge on any atom is -0.480 e. The first-order chi connectivity index (χ1) is 9.80. The van der Waals surface area contributed by atoms with Gasteiger partial charge in [0, 0.05) is 7.05 Å². The average molecular weight is 300 g/mol. The Labute approximate surface area is 124 Å². The summed E-state index contributed by atoms with van der Waals surface area (Å²) in [6, 6.07) is -0.569. The molecule has 0 aromatic heterocycles. The molecule has 2 N–H and O–H groups in total. The Morgan fingerprint density at radius 3 is 2.38 bits per heavy atom. The molecule has 0 unspecified atom stereocenters. The zero-order chi connectivity index (χ0) is 16.0. The monoisotopic (exact) mass is 300 g/mol. The fraction of sp³-hybridized carbons (Fsp3) is 0.786. The molecule has 2 amide bonds. The molecule has 0 atom stereocenters. The lowest BCUT2D eigenvalue weighted by molar-refractivity contribution is -0.146. The summed E-state index contributed by atoms with van der Waals surface area (Å²) >= 11 is 0. The molecule has 120 valence electrons. The molecule has 1 fully saturated rings. The number of likely N-dealkylation sites (N-methyl/N-ethyl adjacent to an activating group) is 1. The van der Waals surface area contributed by atoms with Gasteiger partial charge in [0.15, 0.2) is 0 Å². The van der Waals surface area contributed by atoms with Gasteiger partial charge >= 0.3 is 18.0 Å². The van der Waals surface area contributed by atoms with E-state index in [1.807, 2.05) is 0 Å². The maximum Gasteiger partial charge on any atom is 0.329 e. The van der Waals surface area contributed by atoms with Gasteiger partial charge in [-0.25, -0.2) is 9.59 Å². The Morgan fingerprint density at radius 1 is 1.33 bits per heavy atom. The van der Waals surface area contributed by atoms with Crippen molar-refractivity contribution in [2.75, 3.05) is 20.2 Å². The number of hydrogen-bond acceptors (Lipinski definition) is 4. The van der Waals surface area contributed by atoms with Crippen LogP contribution < -0.4 is 5.32 Å². The number of rotatable bonds is 5. The van der Waals surface area contributed by atoms with E-state index in [9.17, 15) is 19.5 Å². The van der Waals surface area contributed by atoms with Gasteiger partial charge in [0.25, 0.3) is 0 Å². The van der Waals surface area contributed by atoms with Gasteiger partial charge in [0.2, 0.25) is 0 Å². The molecule has 7 heteroatoms. The minimum absolute atomic E-state index is 0.203. The Bertz CT molecular complexity index is 402. The molecule has 0 heterocycles. The number of carbonyl (C=O) groups excluding carboxylic acids is 2. The lowest BCUT2D eigenvalue weighted by Gasteiger charge is -2.37. The van der Waals surface area contributed by atoms with Crippen molar-refractivity contribution in [2.24, 2.45) is 5.92 Å². The number of carbonyl (C=O) groups is 3. The lowest BCUT2D eigenvalue weighted by Crippen LogP contribution is -2.59. The first-order valence-corrected chi connectivity index (χ1v) is 7.23. The normalized spacial score (nSPS) is 25.0. The average Bonchev–Trinajstić information content (AvgIpc) is 2.41. The maximum atomic E-state index is 12.1. The first-order valence-electron chi connectivity index (χ1n) is 7.23. The van der Waals surface area contributed by atoms with Crippen molar-refractivity contribution in [3.8, 4) is 0 Å². The summed E-state index contributed by atoms with van der Waals surface area (Å²) < 4.78 is 4.76. The molecule has 1 saturated carbocycles.